The second kappa shape index (κ2) is 7.11. The second-order valence-electron chi connectivity index (χ2n) is 7.05. The number of nitrogens with zero attached hydrogens (tertiary/aromatic N) is 2. The van der Waals surface area contributed by atoms with Crippen molar-refractivity contribution in [1.29, 1.82) is 0 Å². The molecular weight excluding hydrogens is 363 g/mol. The lowest BCUT2D eigenvalue weighted by Gasteiger charge is -2.13. The van der Waals surface area contributed by atoms with Crippen LogP contribution in [0.25, 0.3) is 22.7 Å². The fourth-order valence-electron chi connectivity index (χ4n) is 3.86. The highest BCUT2D eigenvalue weighted by Gasteiger charge is 2.20. The van der Waals surface area contributed by atoms with E-state index in [1.54, 1.807) is 0 Å². The zero-order valence-electron chi connectivity index (χ0n) is 15.1. The van der Waals surface area contributed by atoms with E-state index in [2.05, 4.69) is 47.8 Å². The molecule has 0 saturated heterocycles. The van der Waals surface area contributed by atoms with E-state index in [-0.39, 0.29) is 0 Å². The highest BCUT2D eigenvalue weighted by Crippen LogP contribution is 2.33. The molecule has 0 atom stereocenters. The van der Waals surface area contributed by atoms with E-state index in [1.165, 1.54) is 22.2 Å². The monoisotopic (exact) mass is 384 g/mol. The molecule has 0 fully saturated rings. The summed E-state index contributed by atoms with van der Waals surface area (Å²) in [7, 11) is 2.19. The summed E-state index contributed by atoms with van der Waals surface area (Å²) in [6, 6.07) is 14.2. The molecule has 2 aromatic carbocycles. The topological polar surface area (TPSA) is 8.17 Å². The summed E-state index contributed by atoms with van der Waals surface area (Å²) in [5, 5.41) is 2.85. The lowest BCUT2D eigenvalue weighted by molar-refractivity contribution is 0.351. The number of aromatic nitrogens is 1. The standard InChI is InChI=1S/C22H22Cl2N2/c1-15(17-5-3-4-6-20(17)24)14-26-21-8-7-16(23)13-19(21)18-9-11-25(2)12-10-22(18)26/h3-8,13-14H,9-12H2,1-2H3. The summed E-state index contributed by atoms with van der Waals surface area (Å²) in [5.41, 5.74) is 6.26. The molecule has 0 radical (unpaired) electrons. The van der Waals surface area contributed by atoms with E-state index in [0.717, 1.165) is 47.1 Å². The van der Waals surface area contributed by atoms with Crippen LogP contribution in [0.2, 0.25) is 10.0 Å². The molecule has 4 heteroatoms. The van der Waals surface area contributed by atoms with Crippen LogP contribution in [-0.4, -0.2) is 29.6 Å². The fraction of sp³-hybridized carbons (Fsp3) is 0.273. The summed E-state index contributed by atoms with van der Waals surface area (Å²) in [5.74, 6) is 0. The molecule has 3 aromatic rings. The molecule has 1 aliphatic heterocycles. The number of hydrogen-bond acceptors (Lipinski definition) is 1. The Bertz CT molecular complexity index is 1000. The highest BCUT2D eigenvalue weighted by atomic mass is 35.5. The summed E-state index contributed by atoms with van der Waals surface area (Å²) in [4.78, 5) is 2.39. The van der Waals surface area contributed by atoms with Gasteiger partial charge in [-0.1, -0.05) is 41.4 Å². The molecule has 2 heterocycles. The third-order valence-corrected chi connectivity index (χ3v) is 5.84. The molecule has 4 rings (SSSR count). The van der Waals surface area contributed by atoms with Gasteiger partial charge in [-0.15, -0.1) is 0 Å². The van der Waals surface area contributed by atoms with Crippen LogP contribution in [0.5, 0.6) is 0 Å². The van der Waals surface area contributed by atoms with Gasteiger partial charge in [0.1, 0.15) is 0 Å². The maximum absolute atomic E-state index is 6.41. The molecule has 0 N–H and O–H groups in total. The lowest BCUT2D eigenvalue weighted by atomic mass is 10.1. The Morgan fingerprint density at radius 3 is 2.62 bits per heavy atom. The largest absolute Gasteiger partial charge is 0.320 e. The van der Waals surface area contributed by atoms with Crippen LogP contribution in [0.3, 0.4) is 0 Å². The molecule has 0 unspecified atom stereocenters. The first-order chi connectivity index (χ1) is 12.5. The molecule has 0 bridgehead atoms. The molecule has 2 nitrogen and oxygen atoms in total. The number of fused-ring (bicyclic) bond motifs is 3. The van der Waals surface area contributed by atoms with Crippen molar-refractivity contribution < 1.29 is 0 Å². The minimum atomic E-state index is 0.784. The Labute approximate surface area is 164 Å². The van der Waals surface area contributed by atoms with Gasteiger partial charge in [0.25, 0.3) is 0 Å². The molecule has 1 aromatic heterocycles. The van der Waals surface area contributed by atoms with Gasteiger partial charge in [0.15, 0.2) is 0 Å². The van der Waals surface area contributed by atoms with Crippen LogP contribution in [0, 0.1) is 0 Å². The predicted molar refractivity (Wildman–Crippen MR) is 113 cm³/mol. The smallest absolute Gasteiger partial charge is 0.0529 e. The van der Waals surface area contributed by atoms with E-state index in [1.807, 2.05) is 24.3 Å². The average molecular weight is 385 g/mol. The van der Waals surface area contributed by atoms with Crippen molar-refractivity contribution in [1.82, 2.24) is 9.47 Å². The van der Waals surface area contributed by atoms with Gasteiger partial charge in [-0.25, -0.2) is 0 Å². The Morgan fingerprint density at radius 1 is 1.04 bits per heavy atom. The molecule has 0 spiro atoms. The van der Waals surface area contributed by atoms with Gasteiger partial charge in [0.05, 0.1) is 5.52 Å². The second-order valence-corrected chi connectivity index (χ2v) is 7.90. The van der Waals surface area contributed by atoms with E-state index in [0.29, 0.717) is 0 Å². The predicted octanol–water partition coefficient (Wildman–Crippen LogP) is 6.00. The highest BCUT2D eigenvalue weighted by molar-refractivity contribution is 6.32. The maximum atomic E-state index is 6.41. The third kappa shape index (κ3) is 3.18. The molecule has 26 heavy (non-hydrogen) atoms. The van der Waals surface area contributed by atoms with Crippen LogP contribution in [0.1, 0.15) is 23.7 Å². The van der Waals surface area contributed by atoms with Crippen molar-refractivity contribution in [2.45, 2.75) is 19.8 Å². The molecule has 0 saturated carbocycles. The Balaban J connectivity index is 1.92. The number of hydrogen-bond donors (Lipinski definition) is 0. The van der Waals surface area contributed by atoms with Gasteiger partial charge in [-0.3, -0.25) is 0 Å². The summed E-state index contributed by atoms with van der Waals surface area (Å²) >= 11 is 12.7. The van der Waals surface area contributed by atoms with Gasteiger partial charge >= 0.3 is 0 Å². The summed E-state index contributed by atoms with van der Waals surface area (Å²) in [6.45, 7) is 4.26. The van der Waals surface area contributed by atoms with Gasteiger partial charge < -0.3 is 9.47 Å². The first-order valence-corrected chi connectivity index (χ1v) is 9.73. The third-order valence-electron chi connectivity index (χ3n) is 5.28. The zero-order chi connectivity index (χ0) is 18.3. The van der Waals surface area contributed by atoms with E-state index in [9.17, 15) is 0 Å². The molecule has 0 aliphatic carbocycles. The van der Waals surface area contributed by atoms with E-state index >= 15 is 0 Å². The summed E-state index contributed by atoms with van der Waals surface area (Å²) in [6.07, 6.45) is 4.31. The lowest BCUT2D eigenvalue weighted by Crippen LogP contribution is -2.21. The van der Waals surface area contributed by atoms with Crippen LogP contribution in [0.15, 0.2) is 42.5 Å². The Hall–Kier alpha value is -1.74. The fourth-order valence-corrected chi connectivity index (χ4v) is 4.32. The number of halogens is 2. The first-order valence-electron chi connectivity index (χ1n) is 8.97. The van der Waals surface area contributed by atoms with Crippen LogP contribution >= 0.6 is 23.2 Å². The normalized spacial score (nSPS) is 15.9. The first kappa shape index (κ1) is 17.7. The van der Waals surface area contributed by atoms with Crippen molar-refractivity contribution >= 4 is 45.9 Å². The number of likely N-dealkylation sites (N-methyl/N-ethyl adjacent to an activating group) is 1. The minimum absolute atomic E-state index is 0.784. The minimum Gasteiger partial charge on any atom is -0.320 e. The number of rotatable bonds is 2. The quantitative estimate of drug-likeness (QED) is 0.526. The number of benzene rings is 2. The molecule has 1 aliphatic rings. The van der Waals surface area contributed by atoms with Crippen molar-refractivity contribution in [2.24, 2.45) is 0 Å². The van der Waals surface area contributed by atoms with Crippen LogP contribution < -0.4 is 0 Å². The molecule has 134 valence electrons. The van der Waals surface area contributed by atoms with Crippen LogP contribution in [0.4, 0.5) is 0 Å². The molecule has 0 amide bonds. The molecular formula is C22H22Cl2N2. The SMILES string of the molecule is CC(=Cn1c2c(c3cc(Cl)ccc31)CCN(C)CC2)c1ccccc1Cl. The van der Waals surface area contributed by atoms with Crippen molar-refractivity contribution in [3.63, 3.8) is 0 Å². The van der Waals surface area contributed by atoms with E-state index in [4.69, 9.17) is 23.2 Å². The Morgan fingerprint density at radius 2 is 1.81 bits per heavy atom. The Kier molecular flexibility index (Phi) is 4.83. The van der Waals surface area contributed by atoms with Gasteiger partial charge in [0.2, 0.25) is 0 Å². The van der Waals surface area contributed by atoms with E-state index < -0.39 is 0 Å². The number of allylic oxidation sites excluding steroid dienone is 1. The van der Waals surface area contributed by atoms with Gasteiger partial charge in [-0.05, 0) is 61.4 Å². The van der Waals surface area contributed by atoms with Gasteiger partial charge in [0, 0.05) is 46.8 Å². The van der Waals surface area contributed by atoms with Crippen molar-refractivity contribution in [3.05, 3.63) is 69.3 Å². The average Bonchev–Trinajstić information content (AvgIpc) is 2.76. The van der Waals surface area contributed by atoms with Gasteiger partial charge in [-0.2, -0.15) is 0 Å². The zero-order valence-corrected chi connectivity index (χ0v) is 16.6. The maximum Gasteiger partial charge on any atom is 0.0529 e. The van der Waals surface area contributed by atoms with Crippen LogP contribution in [-0.2, 0) is 12.8 Å². The van der Waals surface area contributed by atoms with Crippen molar-refractivity contribution in [3.8, 4) is 0 Å². The summed E-state index contributed by atoms with van der Waals surface area (Å²) < 4.78 is 2.35. The van der Waals surface area contributed by atoms with Crippen molar-refractivity contribution in [2.75, 3.05) is 20.1 Å².